The number of hydrogen-bond donors (Lipinski definition) is 1. The minimum Gasteiger partial charge on any atom is -0.493 e. The number of ether oxygens (including phenoxy) is 2. The van der Waals surface area contributed by atoms with Crippen LogP contribution in [0.25, 0.3) is 0 Å². The number of anilines is 1. The molecule has 0 saturated carbocycles. The van der Waals surface area contributed by atoms with Crippen molar-refractivity contribution in [1.82, 2.24) is 9.80 Å². The van der Waals surface area contributed by atoms with Crippen LogP contribution in [0.5, 0.6) is 5.75 Å². The van der Waals surface area contributed by atoms with Gasteiger partial charge in [0.1, 0.15) is 5.75 Å². The van der Waals surface area contributed by atoms with Gasteiger partial charge in [-0.2, -0.15) is 0 Å². The van der Waals surface area contributed by atoms with Crippen LogP contribution in [-0.2, 0) is 20.9 Å². The SMILES string of the molecule is CC1CN(Cc2ccccc2NC(=O)C2CCCN(C(=O)CCOc3ccccc3)C2)CC(C)O1. The van der Waals surface area contributed by atoms with E-state index in [1.165, 1.54) is 0 Å². The first-order chi connectivity index (χ1) is 17.0. The van der Waals surface area contributed by atoms with E-state index in [1.807, 2.05) is 53.4 Å². The van der Waals surface area contributed by atoms with E-state index in [2.05, 4.69) is 30.1 Å². The minimum absolute atomic E-state index is 0.0146. The summed E-state index contributed by atoms with van der Waals surface area (Å²) in [6.07, 6.45) is 2.32. The van der Waals surface area contributed by atoms with Gasteiger partial charge in [-0.05, 0) is 50.5 Å². The second-order valence-corrected chi connectivity index (χ2v) is 9.69. The number of para-hydroxylation sites is 2. The Bertz CT molecular complexity index is 973. The van der Waals surface area contributed by atoms with Gasteiger partial charge in [0.2, 0.25) is 11.8 Å². The Morgan fingerprint density at radius 2 is 1.71 bits per heavy atom. The standard InChI is InChI=1S/C28H37N3O4/c1-21-17-30(18-22(2)35-21)19-23-9-6-7-13-26(23)29-28(33)24-10-8-15-31(20-24)27(32)14-16-34-25-11-4-3-5-12-25/h3-7,9,11-13,21-22,24H,8,10,14-20H2,1-2H3,(H,29,33). The molecule has 1 N–H and O–H groups in total. The summed E-state index contributed by atoms with van der Waals surface area (Å²) in [6.45, 7) is 8.20. The van der Waals surface area contributed by atoms with Crippen LogP contribution in [0.15, 0.2) is 54.6 Å². The average Bonchev–Trinajstić information content (AvgIpc) is 2.85. The van der Waals surface area contributed by atoms with E-state index in [4.69, 9.17) is 9.47 Å². The van der Waals surface area contributed by atoms with Crippen LogP contribution in [-0.4, -0.2) is 66.6 Å². The van der Waals surface area contributed by atoms with Crippen molar-refractivity contribution in [3.05, 3.63) is 60.2 Å². The van der Waals surface area contributed by atoms with E-state index in [-0.39, 0.29) is 29.9 Å². The fourth-order valence-corrected chi connectivity index (χ4v) is 5.02. The number of rotatable bonds is 8. The lowest BCUT2D eigenvalue weighted by atomic mass is 9.96. The quantitative estimate of drug-likeness (QED) is 0.621. The topological polar surface area (TPSA) is 71.1 Å². The average molecular weight is 480 g/mol. The summed E-state index contributed by atoms with van der Waals surface area (Å²) >= 11 is 0. The highest BCUT2D eigenvalue weighted by Gasteiger charge is 2.29. The van der Waals surface area contributed by atoms with Crippen molar-refractivity contribution in [3.8, 4) is 5.75 Å². The zero-order valence-electron chi connectivity index (χ0n) is 20.8. The molecular formula is C28H37N3O4. The predicted octanol–water partition coefficient (Wildman–Crippen LogP) is 3.94. The van der Waals surface area contributed by atoms with Crippen LogP contribution >= 0.6 is 0 Å². The molecule has 4 rings (SSSR count). The Morgan fingerprint density at radius 1 is 1.00 bits per heavy atom. The molecule has 2 aliphatic heterocycles. The number of nitrogens with zero attached hydrogens (tertiary/aromatic N) is 2. The second-order valence-electron chi connectivity index (χ2n) is 9.69. The molecule has 0 aromatic heterocycles. The van der Waals surface area contributed by atoms with E-state index in [0.717, 1.165) is 49.5 Å². The van der Waals surface area contributed by atoms with E-state index in [1.54, 1.807) is 0 Å². The van der Waals surface area contributed by atoms with Crippen molar-refractivity contribution in [2.24, 2.45) is 5.92 Å². The van der Waals surface area contributed by atoms with Crippen LogP contribution in [0.1, 0.15) is 38.7 Å². The van der Waals surface area contributed by atoms with Gasteiger partial charge < -0.3 is 19.7 Å². The van der Waals surface area contributed by atoms with Gasteiger partial charge in [0.25, 0.3) is 0 Å². The van der Waals surface area contributed by atoms with Gasteiger partial charge in [-0.1, -0.05) is 36.4 Å². The summed E-state index contributed by atoms with van der Waals surface area (Å²) in [7, 11) is 0. The lowest BCUT2D eigenvalue weighted by Gasteiger charge is -2.35. The molecule has 0 spiro atoms. The van der Waals surface area contributed by atoms with Crippen molar-refractivity contribution < 1.29 is 19.1 Å². The highest BCUT2D eigenvalue weighted by molar-refractivity contribution is 5.94. The normalized spacial score (nSPS) is 23.0. The van der Waals surface area contributed by atoms with Crippen molar-refractivity contribution in [2.45, 2.75) is 51.9 Å². The van der Waals surface area contributed by atoms with Crippen molar-refractivity contribution in [3.63, 3.8) is 0 Å². The third-order valence-corrected chi connectivity index (χ3v) is 6.64. The summed E-state index contributed by atoms with van der Waals surface area (Å²) < 4.78 is 11.5. The fraction of sp³-hybridized carbons (Fsp3) is 0.500. The molecule has 2 amide bonds. The highest BCUT2D eigenvalue weighted by Crippen LogP contribution is 2.23. The number of carbonyl (C=O) groups is 2. The van der Waals surface area contributed by atoms with Gasteiger partial charge in [-0.15, -0.1) is 0 Å². The van der Waals surface area contributed by atoms with Crippen LogP contribution in [0.4, 0.5) is 5.69 Å². The highest BCUT2D eigenvalue weighted by atomic mass is 16.5. The molecule has 0 radical (unpaired) electrons. The van der Waals surface area contributed by atoms with Gasteiger partial charge in [0, 0.05) is 38.4 Å². The number of hydrogen-bond acceptors (Lipinski definition) is 5. The third kappa shape index (κ3) is 7.29. The molecule has 2 saturated heterocycles. The zero-order chi connectivity index (χ0) is 24.6. The van der Waals surface area contributed by atoms with Crippen molar-refractivity contribution in [2.75, 3.05) is 38.1 Å². The molecule has 2 aromatic rings. The Labute approximate surface area is 208 Å². The summed E-state index contributed by atoms with van der Waals surface area (Å²) in [6, 6.07) is 17.5. The maximum absolute atomic E-state index is 13.2. The zero-order valence-corrected chi connectivity index (χ0v) is 20.8. The maximum Gasteiger partial charge on any atom is 0.229 e. The van der Waals surface area contributed by atoms with E-state index >= 15 is 0 Å². The first-order valence-electron chi connectivity index (χ1n) is 12.7. The first-order valence-corrected chi connectivity index (χ1v) is 12.7. The molecular weight excluding hydrogens is 442 g/mol. The third-order valence-electron chi connectivity index (χ3n) is 6.64. The maximum atomic E-state index is 13.2. The van der Waals surface area contributed by atoms with Gasteiger partial charge in [-0.3, -0.25) is 14.5 Å². The van der Waals surface area contributed by atoms with Gasteiger partial charge in [0.15, 0.2) is 0 Å². The molecule has 0 bridgehead atoms. The van der Waals surface area contributed by atoms with E-state index < -0.39 is 0 Å². The minimum atomic E-state index is -0.209. The van der Waals surface area contributed by atoms with Crippen LogP contribution in [0.2, 0.25) is 0 Å². The fourth-order valence-electron chi connectivity index (χ4n) is 5.02. The summed E-state index contributed by atoms with van der Waals surface area (Å²) in [5.41, 5.74) is 1.95. The largest absolute Gasteiger partial charge is 0.493 e. The molecule has 2 aromatic carbocycles. The Balaban J connectivity index is 1.30. The lowest BCUT2D eigenvalue weighted by molar-refractivity contribution is -0.135. The number of piperidine rings is 1. The van der Waals surface area contributed by atoms with Crippen LogP contribution < -0.4 is 10.1 Å². The number of benzene rings is 2. The molecule has 188 valence electrons. The first kappa shape index (κ1) is 25.2. The molecule has 0 aliphatic carbocycles. The lowest BCUT2D eigenvalue weighted by Crippen LogP contribution is -2.45. The van der Waals surface area contributed by atoms with Crippen LogP contribution in [0, 0.1) is 5.92 Å². The summed E-state index contributed by atoms with van der Waals surface area (Å²) in [5.74, 6) is 0.573. The molecule has 2 aliphatic rings. The molecule has 3 unspecified atom stereocenters. The Hall–Kier alpha value is -2.90. The molecule has 2 heterocycles. The summed E-state index contributed by atoms with van der Waals surface area (Å²) in [5, 5.41) is 3.16. The van der Waals surface area contributed by atoms with Gasteiger partial charge in [-0.25, -0.2) is 0 Å². The van der Waals surface area contributed by atoms with Crippen LogP contribution in [0.3, 0.4) is 0 Å². The second kappa shape index (κ2) is 12.2. The number of likely N-dealkylation sites (tertiary alicyclic amines) is 1. The van der Waals surface area contributed by atoms with Crippen molar-refractivity contribution in [1.29, 1.82) is 0 Å². The molecule has 7 heteroatoms. The Morgan fingerprint density at radius 3 is 2.49 bits per heavy atom. The number of morpholine rings is 1. The number of amides is 2. The smallest absolute Gasteiger partial charge is 0.229 e. The molecule has 35 heavy (non-hydrogen) atoms. The summed E-state index contributed by atoms with van der Waals surface area (Å²) in [4.78, 5) is 30.1. The van der Waals surface area contributed by atoms with Gasteiger partial charge >= 0.3 is 0 Å². The van der Waals surface area contributed by atoms with E-state index in [0.29, 0.717) is 26.1 Å². The van der Waals surface area contributed by atoms with Crippen molar-refractivity contribution >= 4 is 17.5 Å². The predicted molar refractivity (Wildman–Crippen MR) is 136 cm³/mol. The monoisotopic (exact) mass is 479 g/mol. The number of nitrogens with one attached hydrogen (secondary N) is 1. The van der Waals surface area contributed by atoms with E-state index in [9.17, 15) is 9.59 Å². The molecule has 2 fully saturated rings. The molecule has 7 nitrogen and oxygen atoms in total. The Kier molecular flexibility index (Phi) is 8.77. The van der Waals surface area contributed by atoms with Gasteiger partial charge in [0.05, 0.1) is 31.2 Å². The molecule has 3 atom stereocenters. The number of carbonyl (C=O) groups excluding carboxylic acids is 2.